The third-order valence-electron chi connectivity index (χ3n) is 4.24. The fourth-order valence-electron chi connectivity index (χ4n) is 2.94. The molecule has 1 atom stereocenters. The first-order chi connectivity index (χ1) is 9.88. The van der Waals surface area contributed by atoms with Crippen LogP contribution in [0.1, 0.15) is 32.1 Å². The van der Waals surface area contributed by atoms with Crippen LogP contribution in [0.5, 0.6) is 5.75 Å². The lowest BCUT2D eigenvalue weighted by atomic mass is 9.74. The predicted molar refractivity (Wildman–Crippen MR) is 79.0 cm³/mol. The Kier molecular flexibility index (Phi) is 3.90. The molecule has 1 aromatic carbocycles. The van der Waals surface area contributed by atoms with Crippen LogP contribution in [0.3, 0.4) is 0 Å². The summed E-state index contributed by atoms with van der Waals surface area (Å²) in [5.74, 6) is 0.491. The molecule has 0 radical (unpaired) electrons. The number of hydrogen-bond donors (Lipinski definition) is 1. The molecule has 1 heterocycles. The van der Waals surface area contributed by atoms with Gasteiger partial charge in [-0.15, -0.1) is 0 Å². The summed E-state index contributed by atoms with van der Waals surface area (Å²) in [4.78, 5) is -0.0118. The molecule has 3 rings (SSSR count). The largest absolute Gasteiger partial charge is 0.489 e. The van der Waals surface area contributed by atoms with Crippen LogP contribution in [0.4, 0.5) is 0 Å². The standard InChI is InChI=1S/C14H18ClNO4S/c15-12-8-11(21(16,17)18)2-3-13(12)20-10-4-7-19-14(9-10)5-1-6-14/h2-3,8,10H,1,4-7,9H2,(H2,16,17,18). The SMILES string of the molecule is NS(=O)(=O)c1ccc(OC2CCOC3(CCC3)C2)c(Cl)c1. The van der Waals surface area contributed by atoms with Crippen molar-refractivity contribution in [2.45, 2.75) is 48.7 Å². The lowest BCUT2D eigenvalue weighted by molar-refractivity contribution is -0.153. The molecule has 21 heavy (non-hydrogen) atoms. The molecule has 1 aromatic rings. The molecule has 1 spiro atoms. The minimum Gasteiger partial charge on any atom is -0.489 e. The van der Waals surface area contributed by atoms with Gasteiger partial charge in [-0.25, -0.2) is 13.6 Å². The monoisotopic (exact) mass is 331 g/mol. The summed E-state index contributed by atoms with van der Waals surface area (Å²) in [6.45, 7) is 0.692. The number of sulfonamides is 1. The van der Waals surface area contributed by atoms with E-state index in [1.54, 1.807) is 6.07 Å². The van der Waals surface area contributed by atoms with Crippen LogP contribution in [-0.2, 0) is 14.8 Å². The van der Waals surface area contributed by atoms with Gasteiger partial charge in [0.1, 0.15) is 11.9 Å². The van der Waals surface area contributed by atoms with Crippen molar-refractivity contribution in [2.24, 2.45) is 5.14 Å². The zero-order valence-corrected chi connectivity index (χ0v) is 13.1. The number of halogens is 1. The Hall–Kier alpha value is -0.820. The Morgan fingerprint density at radius 2 is 2.14 bits per heavy atom. The highest BCUT2D eigenvalue weighted by molar-refractivity contribution is 7.89. The van der Waals surface area contributed by atoms with Gasteiger partial charge < -0.3 is 9.47 Å². The van der Waals surface area contributed by atoms with Crippen LogP contribution >= 0.6 is 11.6 Å². The molecule has 0 bridgehead atoms. The summed E-state index contributed by atoms with van der Waals surface area (Å²) < 4.78 is 34.4. The highest BCUT2D eigenvalue weighted by Crippen LogP contribution is 2.43. The summed E-state index contributed by atoms with van der Waals surface area (Å²) in [5, 5.41) is 5.34. The molecule has 1 unspecified atom stereocenters. The van der Waals surface area contributed by atoms with Gasteiger partial charge in [-0.3, -0.25) is 0 Å². The van der Waals surface area contributed by atoms with Gasteiger partial charge in [0.15, 0.2) is 0 Å². The maximum Gasteiger partial charge on any atom is 0.238 e. The normalized spacial score (nSPS) is 24.6. The van der Waals surface area contributed by atoms with Crippen LogP contribution in [-0.4, -0.2) is 26.7 Å². The summed E-state index contributed by atoms with van der Waals surface area (Å²) >= 11 is 6.10. The minimum absolute atomic E-state index is 0.00404. The number of rotatable bonds is 3. The van der Waals surface area contributed by atoms with Crippen molar-refractivity contribution in [3.8, 4) is 5.75 Å². The molecular weight excluding hydrogens is 314 g/mol. The van der Waals surface area contributed by atoms with Crippen LogP contribution in [0, 0.1) is 0 Å². The minimum atomic E-state index is -3.75. The van der Waals surface area contributed by atoms with Crippen LogP contribution < -0.4 is 9.88 Å². The van der Waals surface area contributed by atoms with E-state index >= 15 is 0 Å². The molecule has 1 aliphatic heterocycles. The Balaban J connectivity index is 1.73. The molecule has 2 N–H and O–H groups in total. The number of primary sulfonamides is 1. The molecule has 0 amide bonds. The van der Waals surface area contributed by atoms with Crippen molar-refractivity contribution in [1.29, 1.82) is 0 Å². The second-order valence-electron chi connectivity index (χ2n) is 5.75. The van der Waals surface area contributed by atoms with Gasteiger partial charge in [0.2, 0.25) is 10.0 Å². The fourth-order valence-corrected chi connectivity index (χ4v) is 3.77. The quantitative estimate of drug-likeness (QED) is 0.922. The lowest BCUT2D eigenvalue weighted by Crippen LogP contribution is -2.48. The van der Waals surface area contributed by atoms with Crippen molar-refractivity contribution in [2.75, 3.05) is 6.61 Å². The molecule has 2 fully saturated rings. The second kappa shape index (κ2) is 5.43. The van der Waals surface area contributed by atoms with E-state index in [9.17, 15) is 8.42 Å². The number of benzene rings is 1. The van der Waals surface area contributed by atoms with E-state index in [0.29, 0.717) is 12.4 Å². The Bertz CT molecular complexity index is 642. The van der Waals surface area contributed by atoms with E-state index in [1.807, 2.05) is 0 Å². The van der Waals surface area contributed by atoms with Crippen molar-refractivity contribution < 1.29 is 17.9 Å². The second-order valence-corrected chi connectivity index (χ2v) is 7.72. The molecule has 7 heteroatoms. The molecule has 0 aromatic heterocycles. The lowest BCUT2D eigenvalue weighted by Gasteiger charge is -2.46. The van der Waals surface area contributed by atoms with Crippen molar-refractivity contribution >= 4 is 21.6 Å². The first-order valence-electron chi connectivity index (χ1n) is 7.01. The van der Waals surface area contributed by atoms with Gasteiger partial charge in [-0.05, 0) is 37.5 Å². The van der Waals surface area contributed by atoms with E-state index in [0.717, 1.165) is 25.7 Å². The molecule has 1 saturated heterocycles. The average molecular weight is 332 g/mol. The zero-order valence-electron chi connectivity index (χ0n) is 11.5. The highest BCUT2D eigenvalue weighted by atomic mass is 35.5. The third kappa shape index (κ3) is 3.18. The number of nitrogens with two attached hydrogens (primary N) is 1. The maximum absolute atomic E-state index is 11.3. The highest BCUT2D eigenvalue weighted by Gasteiger charge is 2.43. The molecule has 116 valence electrons. The van der Waals surface area contributed by atoms with E-state index in [4.69, 9.17) is 26.2 Å². The fraction of sp³-hybridized carbons (Fsp3) is 0.571. The van der Waals surface area contributed by atoms with E-state index < -0.39 is 10.0 Å². The maximum atomic E-state index is 11.3. The number of hydrogen-bond acceptors (Lipinski definition) is 4. The van der Waals surface area contributed by atoms with E-state index in [2.05, 4.69) is 0 Å². The average Bonchev–Trinajstić information content (AvgIpc) is 2.38. The summed E-state index contributed by atoms with van der Waals surface area (Å²) in [6.07, 6.45) is 5.11. The number of ether oxygens (including phenoxy) is 2. The molecule has 1 saturated carbocycles. The van der Waals surface area contributed by atoms with Crippen molar-refractivity contribution in [3.63, 3.8) is 0 Å². The van der Waals surface area contributed by atoms with Gasteiger partial charge in [0, 0.05) is 12.8 Å². The van der Waals surface area contributed by atoms with E-state index in [1.165, 1.54) is 18.6 Å². The van der Waals surface area contributed by atoms with Gasteiger partial charge in [-0.1, -0.05) is 11.6 Å². The van der Waals surface area contributed by atoms with Crippen LogP contribution in [0.25, 0.3) is 0 Å². The Morgan fingerprint density at radius 3 is 2.71 bits per heavy atom. The van der Waals surface area contributed by atoms with Crippen molar-refractivity contribution in [1.82, 2.24) is 0 Å². The summed E-state index contributed by atoms with van der Waals surface area (Å²) in [6, 6.07) is 4.30. The van der Waals surface area contributed by atoms with Crippen molar-refractivity contribution in [3.05, 3.63) is 23.2 Å². The summed E-state index contributed by atoms with van der Waals surface area (Å²) in [7, 11) is -3.75. The van der Waals surface area contributed by atoms with Crippen LogP contribution in [0.2, 0.25) is 5.02 Å². The summed E-state index contributed by atoms with van der Waals surface area (Å²) in [5.41, 5.74) is -0.00404. The smallest absolute Gasteiger partial charge is 0.238 e. The zero-order chi connectivity index (χ0) is 15.1. The topological polar surface area (TPSA) is 78.6 Å². The van der Waals surface area contributed by atoms with Gasteiger partial charge in [-0.2, -0.15) is 0 Å². The van der Waals surface area contributed by atoms with Gasteiger partial charge in [0.25, 0.3) is 0 Å². The van der Waals surface area contributed by atoms with Gasteiger partial charge in [0.05, 0.1) is 22.1 Å². The molecular formula is C14H18ClNO4S. The first kappa shape index (κ1) is 15.1. The molecule has 2 aliphatic rings. The van der Waals surface area contributed by atoms with Crippen LogP contribution in [0.15, 0.2) is 23.1 Å². The van der Waals surface area contributed by atoms with Gasteiger partial charge >= 0.3 is 0 Å². The predicted octanol–water partition coefficient (Wildman–Crippen LogP) is 2.47. The first-order valence-corrected chi connectivity index (χ1v) is 8.93. The third-order valence-corrected chi connectivity index (χ3v) is 5.44. The molecule has 1 aliphatic carbocycles. The Labute approximate surface area is 129 Å². The molecule has 5 nitrogen and oxygen atoms in total. The Morgan fingerprint density at radius 1 is 1.38 bits per heavy atom. The van der Waals surface area contributed by atoms with E-state index in [-0.39, 0.29) is 21.6 Å².